The Morgan fingerprint density at radius 1 is 0.266 bits per heavy atom. The largest absolute Gasteiger partial charge is 0.462 e. The number of hydrogen-bond donors (Lipinski definition) is 0. The van der Waals surface area contributed by atoms with Crippen molar-refractivity contribution in [3.05, 3.63) is 85.1 Å². The third-order valence-corrected chi connectivity index (χ3v) is 14.9. The molecule has 456 valence electrons. The fourth-order valence-corrected chi connectivity index (χ4v) is 9.80. The number of rotatable bonds is 62. The van der Waals surface area contributed by atoms with Crippen LogP contribution in [0.15, 0.2) is 85.1 Å². The topological polar surface area (TPSA) is 78.9 Å². The average Bonchev–Trinajstić information content (AvgIpc) is 3.45. The lowest BCUT2D eigenvalue weighted by molar-refractivity contribution is -0.167. The maximum Gasteiger partial charge on any atom is 0.306 e. The third-order valence-electron chi connectivity index (χ3n) is 14.9. The van der Waals surface area contributed by atoms with E-state index in [1.54, 1.807) is 0 Å². The summed E-state index contributed by atoms with van der Waals surface area (Å²) in [5.41, 5.74) is 0. The Morgan fingerprint density at radius 3 is 0.810 bits per heavy atom. The summed E-state index contributed by atoms with van der Waals surface area (Å²) >= 11 is 0. The standard InChI is InChI=1S/C73H128O6/c1-4-7-10-13-15-17-19-21-23-25-27-29-30-31-32-33-34-35-36-37-38-39-40-41-42-44-45-47-49-51-53-55-57-60-63-66-72(75)78-69-70(68-77-71(74)65-62-59-12-9-6-3)79-73(76)67-64-61-58-56-54-52-50-48-46-43-28-26-24-22-20-18-16-14-11-8-5-2/h8,11,16,18,22,24-25,27-28,43,48,50,54,56,70H,4-7,9-10,12-15,17,19-21,23,26,29-42,44-47,49,51-53,55,57-69H2,1-3H3/b11-8-,18-16-,24-22-,27-25-,43-28-,50-48-,56-54-. The smallest absolute Gasteiger partial charge is 0.306 e. The van der Waals surface area contributed by atoms with Gasteiger partial charge in [-0.15, -0.1) is 0 Å². The highest BCUT2D eigenvalue weighted by atomic mass is 16.6. The molecule has 0 rings (SSSR count). The van der Waals surface area contributed by atoms with Crippen LogP contribution < -0.4 is 0 Å². The van der Waals surface area contributed by atoms with Gasteiger partial charge in [0.15, 0.2) is 6.10 Å². The summed E-state index contributed by atoms with van der Waals surface area (Å²) in [6.45, 7) is 6.43. The summed E-state index contributed by atoms with van der Waals surface area (Å²) in [5.74, 6) is -0.939. The van der Waals surface area contributed by atoms with Crippen molar-refractivity contribution in [1.29, 1.82) is 0 Å². The van der Waals surface area contributed by atoms with Gasteiger partial charge in [-0.1, -0.05) is 311 Å². The van der Waals surface area contributed by atoms with Gasteiger partial charge in [0.25, 0.3) is 0 Å². The molecule has 0 aromatic heterocycles. The highest BCUT2D eigenvalue weighted by Gasteiger charge is 2.19. The summed E-state index contributed by atoms with van der Waals surface area (Å²) in [7, 11) is 0. The molecule has 0 aliphatic rings. The number of ether oxygens (including phenoxy) is 3. The van der Waals surface area contributed by atoms with Crippen molar-refractivity contribution in [2.24, 2.45) is 0 Å². The summed E-state index contributed by atoms with van der Waals surface area (Å²) < 4.78 is 16.7. The van der Waals surface area contributed by atoms with E-state index < -0.39 is 6.10 Å². The summed E-state index contributed by atoms with van der Waals surface area (Å²) in [4.78, 5) is 37.9. The van der Waals surface area contributed by atoms with Crippen molar-refractivity contribution < 1.29 is 28.6 Å². The van der Waals surface area contributed by atoms with Crippen molar-refractivity contribution in [1.82, 2.24) is 0 Å². The van der Waals surface area contributed by atoms with Crippen LogP contribution in [0.5, 0.6) is 0 Å². The molecule has 0 amide bonds. The fraction of sp³-hybridized carbons (Fsp3) is 0.767. The van der Waals surface area contributed by atoms with Crippen LogP contribution in [0.2, 0.25) is 0 Å². The van der Waals surface area contributed by atoms with E-state index in [2.05, 4.69) is 106 Å². The zero-order chi connectivity index (χ0) is 57.1. The van der Waals surface area contributed by atoms with Crippen LogP contribution in [0.3, 0.4) is 0 Å². The van der Waals surface area contributed by atoms with Crippen LogP contribution in [-0.4, -0.2) is 37.2 Å². The number of unbranched alkanes of at least 4 members (excludes halogenated alkanes) is 37. The Kier molecular flexibility index (Phi) is 64.2. The molecule has 0 bridgehead atoms. The number of carbonyl (C=O) groups excluding carboxylic acids is 3. The Hall–Kier alpha value is -3.41. The van der Waals surface area contributed by atoms with Crippen molar-refractivity contribution in [3.63, 3.8) is 0 Å². The van der Waals surface area contributed by atoms with Gasteiger partial charge < -0.3 is 14.2 Å². The van der Waals surface area contributed by atoms with Crippen LogP contribution in [-0.2, 0) is 28.6 Å². The van der Waals surface area contributed by atoms with E-state index in [-0.39, 0.29) is 37.5 Å². The molecule has 0 N–H and O–H groups in total. The normalized spacial score (nSPS) is 12.6. The zero-order valence-corrected chi connectivity index (χ0v) is 52.4. The van der Waals surface area contributed by atoms with E-state index >= 15 is 0 Å². The molecule has 0 aliphatic heterocycles. The molecule has 6 nitrogen and oxygen atoms in total. The molecule has 0 saturated carbocycles. The van der Waals surface area contributed by atoms with E-state index in [1.807, 2.05) is 0 Å². The summed E-state index contributed by atoms with van der Waals surface area (Å²) in [5, 5.41) is 0. The SMILES string of the molecule is CC/C=C\C/C=C\C/C=C\C/C=C\C/C=C\C/C=C\CCCCC(=O)OC(COC(=O)CCCCCCC)COC(=O)CCCCCCCCCCCCCCCCCCCCCCCCC/C=C\CCCCCCCCCC. The number of carbonyl (C=O) groups is 3. The first-order valence-electron chi connectivity index (χ1n) is 34.1. The molecule has 0 radical (unpaired) electrons. The lowest BCUT2D eigenvalue weighted by atomic mass is 10.0. The van der Waals surface area contributed by atoms with E-state index in [4.69, 9.17) is 14.2 Å². The maximum absolute atomic E-state index is 12.8. The second kappa shape index (κ2) is 67.1. The molecular weight excluding hydrogens is 973 g/mol. The summed E-state index contributed by atoms with van der Waals surface area (Å²) in [6.07, 6.45) is 89.7. The van der Waals surface area contributed by atoms with E-state index in [0.717, 1.165) is 96.3 Å². The second-order valence-electron chi connectivity index (χ2n) is 22.7. The molecule has 0 aromatic carbocycles. The van der Waals surface area contributed by atoms with Crippen LogP contribution in [0.4, 0.5) is 0 Å². The molecule has 0 aromatic rings. The van der Waals surface area contributed by atoms with Gasteiger partial charge in [0, 0.05) is 19.3 Å². The van der Waals surface area contributed by atoms with Gasteiger partial charge in [-0.05, 0) is 96.3 Å². The average molecular weight is 1100 g/mol. The molecule has 0 saturated heterocycles. The Labute approximate surface area is 490 Å². The molecule has 1 unspecified atom stereocenters. The fourth-order valence-electron chi connectivity index (χ4n) is 9.80. The van der Waals surface area contributed by atoms with Gasteiger partial charge >= 0.3 is 17.9 Å². The monoisotopic (exact) mass is 1100 g/mol. The lowest BCUT2D eigenvalue weighted by Gasteiger charge is -2.18. The van der Waals surface area contributed by atoms with Crippen LogP contribution in [0.25, 0.3) is 0 Å². The summed E-state index contributed by atoms with van der Waals surface area (Å²) in [6, 6.07) is 0. The highest BCUT2D eigenvalue weighted by Crippen LogP contribution is 2.17. The van der Waals surface area contributed by atoms with Gasteiger partial charge in [0.2, 0.25) is 0 Å². The van der Waals surface area contributed by atoms with Crippen molar-refractivity contribution in [2.75, 3.05) is 13.2 Å². The minimum atomic E-state index is -0.796. The Morgan fingerprint density at radius 2 is 0.494 bits per heavy atom. The van der Waals surface area contributed by atoms with Gasteiger partial charge in [0.1, 0.15) is 13.2 Å². The molecule has 1 atom stereocenters. The number of hydrogen-bond acceptors (Lipinski definition) is 6. The van der Waals surface area contributed by atoms with Gasteiger partial charge in [-0.2, -0.15) is 0 Å². The highest BCUT2D eigenvalue weighted by molar-refractivity contribution is 5.71. The zero-order valence-electron chi connectivity index (χ0n) is 52.4. The molecule has 0 aliphatic carbocycles. The predicted octanol–water partition coefficient (Wildman–Crippen LogP) is 23.4. The van der Waals surface area contributed by atoms with E-state index in [0.29, 0.717) is 19.3 Å². The first-order valence-corrected chi connectivity index (χ1v) is 34.1. The van der Waals surface area contributed by atoms with Crippen LogP contribution in [0, 0.1) is 0 Å². The second-order valence-corrected chi connectivity index (χ2v) is 22.7. The first kappa shape index (κ1) is 75.6. The molecule has 6 heteroatoms. The van der Waals surface area contributed by atoms with Gasteiger partial charge in [-0.25, -0.2) is 0 Å². The quantitative estimate of drug-likeness (QED) is 0.0261. The molecule has 0 spiro atoms. The Bertz CT molecular complexity index is 1500. The van der Waals surface area contributed by atoms with E-state index in [1.165, 1.54) is 199 Å². The van der Waals surface area contributed by atoms with E-state index in [9.17, 15) is 14.4 Å². The first-order chi connectivity index (χ1) is 39.0. The molecule has 0 heterocycles. The minimum absolute atomic E-state index is 0.0918. The molecular formula is C73H128O6. The van der Waals surface area contributed by atoms with Crippen molar-refractivity contribution in [3.8, 4) is 0 Å². The predicted molar refractivity (Wildman–Crippen MR) is 344 cm³/mol. The maximum atomic E-state index is 12.8. The van der Waals surface area contributed by atoms with Crippen LogP contribution >= 0.6 is 0 Å². The Balaban J connectivity index is 3.95. The third kappa shape index (κ3) is 65.3. The number of esters is 3. The number of allylic oxidation sites excluding steroid dienone is 14. The lowest BCUT2D eigenvalue weighted by Crippen LogP contribution is -2.30. The van der Waals surface area contributed by atoms with Crippen molar-refractivity contribution >= 4 is 17.9 Å². The van der Waals surface area contributed by atoms with Crippen LogP contribution in [0.1, 0.15) is 342 Å². The van der Waals surface area contributed by atoms with Gasteiger partial charge in [-0.3, -0.25) is 14.4 Å². The molecule has 0 fully saturated rings. The molecule has 79 heavy (non-hydrogen) atoms. The van der Waals surface area contributed by atoms with Crippen molar-refractivity contribution in [2.45, 2.75) is 348 Å². The van der Waals surface area contributed by atoms with Gasteiger partial charge in [0.05, 0.1) is 0 Å². The minimum Gasteiger partial charge on any atom is -0.462 e.